The first-order chi connectivity index (χ1) is 8.04. The van der Waals surface area contributed by atoms with Crippen molar-refractivity contribution >= 4 is 27.5 Å². The third kappa shape index (κ3) is 2.51. The van der Waals surface area contributed by atoms with Crippen molar-refractivity contribution in [3.63, 3.8) is 0 Å². The normalized spacial score (nSPS) is 24.3. The van der Waals surface area contributed by atoms with Crippen LogP contribution >= 0.6 is 27.5 Å². The molecule has 2 rings (SSSR count). The fourth-order valence-electron chi connectivity index (χ4n) is 2.56. The summed E-state index contributed by atoms with van der Waals surface area (Å²) >= 11 is 9.65. The molecular weight excluding hydrogens is 305 g/mol. The largest absolute Gasteiger partial charge is 0.313 e. The molecule has 1 aliphatic carbocycles. The van der Waals surface area contributed by atoms with Crippen LogP contribution in [0.5, 0.6) is 0 Å². The average Bonchev–Trinajstić information content (AvgIpc) is 2.45. The Labute approximate surface area is 115 Å². The maximum absolute atomic E-state index is 14.0. The monoisotopic (exact) mass is 319 g/mol. The lowest BCUT2D eigenvalue weighted by atomic mass is 9.97. The van der Waals surface area contributed by atoms with Crippen LogP contribution in [0.25, 0.3) is 0 Å². The molecule has 2 atom stereocenters. The molecule has 2 unspecified atom stereocenters. The van der Waals surface area contributed by atoms with Crippen molar-refractivity contribution in [2.75, 3.05) is 7.05 Å². The summed E-state index contributed by atoms with van der Waals surface area (Å²) in [5, 5.41) is 3.90. The molecule has 1 aromatic carbocycles. The summed E-state index contributed by atoms with van der Waals surface area (Å²) in [5.74, 6) is 0.430. The molecule has 0 amide bonds. The Bertz CT molecular complexity index is 436. The number of hydrogen-bond donors (Lipinski definition) is 1. The van der Waals surface area contributed by atoms with E-state index in [2.05, 4.69) is 28.2 Å². The molecular formula is C13H16BrClFN. The lowest BCUT2D eigenvalue weighted by Gasteiger charge is -2.21. The van der Waals surface area contributed by atoms with Crippen molar-refractivity contribution in [1.82, 2.24) is 5.32 Å². The van der Waals surface area contributed by atoms with Gasteiger partial charge in [-0.1, -0.05) is 18.5 Å². The number of halogens is 3. The van der Waals surface area contributed by atoms with Crippen molar-refractivity contribution in [2.45, 2.75) is 32.2 Å². The van der Waals surface area contributed by atoms with E-state index in [0.29, 0.717) is 15.4 Å². The summed E-state index contributed by atoms with van der Waals surface area (Å²) in [4.78, 5) is 0. The lowest BCUT2D eigenvalue weighted by Crippen LogP contribution is -2.19. The fourth-order valence-corrected chi connectivity index (χ4v) is 3.27. The van der Waals surface area contributed by atoms with Crippen LogP contribution in [0.4, 0.5) is 4.39 Å². The van der Waals surface area contributed by atoms with E-state index >= 15 is 0 Å². The quantitative estimate of drug-likeness (QED) is 0.594. The molecule has 17 heavy (non-hydrogen) atoms. The molecule has 1 aromatic rings. The average molecular weight is 321 g/mol. The highest BCUT2D eigenvalue weighted by Gasteiger charge is 2.27. The van der Waals surface area contributed by atoms with Gasteiger partial charge in [0.15, 0.2) is 0 Å². The second-order valence-corrected chi connectivity index (χ2v) is 6.00. The van der Waals surface area contributed by atoms with Crippen LogP contribution in [0.15, 0.2) is 10.5 Å². The van der Waals surface area contributed by atoms with E-state index in [-0.39, 0.29) is 11.9 Å². The van der Waals surface area contributed by atoms with Crippen molar-refractivity contribution in [3.05, 3.63) is 32.5 Å². The van der Waals surface area contributed by atoms with Gasteiger partial charge in [0.1, 0.15) is 5.82 Å². The second-order valence-electron chi connectivity index (χ2n) is 4.77. The van der Waals surface area contributed by atoms with Crippen molar-refractivity contribution in [1.29, 1.82) is 0 Å². The highest BCUT2D eigenvalue weighted by atomic mass is 79.9. The Balaban J connectivity index is 2.59. The van der Waals surface area contributed by atoms with Gasteiger partial charge in [0.2, 0.25) is 0 Å². The third-order valence-electron chi connectivity index (χ3n) is 3.54. The van der Waals surface area contributed by atoms with E-state index in [1.807, 2.05) is 7.05 Å². The fraction of sp³-hybridized carbons (Fsp3) is 0.538. The molecule has 0 saturated heterocycles. The van der Waals surface area contributed by atoms with Gasteiger partial charge < -0.3 is 5.32 Å². The summed E-state index contributed by atoms with van der Waals surface area (Å²) < 4.78 is 14.7. The SMILES string of the molecule is CNC1CC(C)CCc2c(F)cc(Br)c(Cl)c21. The minimum atomic E-state index is -0.148. The lowest BCUT2D eigenvalue weighted by molar-refractivity contribution is 0.428. The van der Waals surface area contributed by atoms with E-state index < -0.39 is 0 Å². The molecule has 0 saturated carbocycles. The summed E-state index contributed by atoms with van der Waals surface area (Å²) in [6.07, 6.45) is 2.78. The second kappa shape index (κ2) is 5.25. The third-order valence-corrected chi connectivity index (χ3v) is 4.80. The maximum atomic E-state index is 14.0. The number of rotatable bonds is 1. The van der Waals surface area contributed by atoms with E-state index in [1.54, 1.807) is 0 Å². The van der Waals surface area contributed by atoms with Gasteiger partial charge in [0.05, 0.1) is 5.02 Å². The minimum absolute atomic E-state index is 0.141. The van der Waals surface area contributed by atoms with E-state index in [4.69, 9.17) is 11.6 Å². The van der Waals surface area contributed by atoms with E-state index in [1.165, 1.54) is 6.07 Å². The van der Waals surface area contributed by atoms with E-state index in [0.717, 1.165) is 30.4 Å². The summed E-state index contributed by atoms with van der Waals surface area (Å²) in [5.41, 5.74) is 1.72. The van der Waals surface area contributed by atoms with Gasteiger partial charge >= 0.3 is 0 Å². The zero-order chi connectivity index (χ0) is 12.6. The topological polar surface area (TPSA) is 12.0 Å². The molecule has 1 nitrogen and oxygen atoms in total. The maximum Gasteiger partial charge on any atom is 0.127 e. The molecule has 1 aliphatic rings. The zero-order valence-corrected chi connectivity index (χ0v) is 12.3. The summed E-state index contributed by atoms with van der Waals surface area (Å²) in [6.45, 7) is 2.21. The van der Waals surface area contributed by atoms with Gasteiger partial charge in [-0.2, -0.15) is 0 Å². The van der Waals surface area contributed by atoms with Gasteiger partial charge in [-0.15, -0.1) is 0 Å². The summed E-state index contributed by atoms with van der Waals surface area (Å²) in [7, 11) is 1.90. The molecule has 0 spiro atoms. The van der Waals surface area contributed by atoms with Gasteiger partial charge in [0, 0.05) is 10.5 Å². The Hall–Kier alpha value is -0.120. The van der Waals surface area contributed by atoms with Gasteiger partial charge in [-0.05, 0) is 65.4 Å². The molecule has 0 radical (unpaired) electrons. The predicted molar refractivity (Wildman–Crippen MR) is 73.0 cm³/mol. The first kappa shape index (κ1) is 13.3. The van der Waals surface area contributed by atoms with Crippen molar-refractivity contribution < 1.29 is 4.39 Å². The van der Waals surface area contributed by atoms with Crippen LogP contribution in [0.3, 0.4) is 0 Å². The van der Waals surface area contributed by atoms with Gasteiger partial charge in [0.25, 0.3) is 0 Å². The summed E-state index contributed by atoms with van der Waals surface area (Å²) in [6, 6.07) is 1.62. The molecule has 1 N–H and O–H groups in total. The van der Waals surface area contributed by atoms with Crippen molar-refractivity contribution in [2.24, 2.45) is 5.92 Å². The molecule has 0 aromatic heterocycles. The standard InChI is InChI=1S/C13H16BrClFN/c1-7-3-4-8-10(16)6-9(14)13(15)12(8)11(5-7)17-2/h6-7,11,17H,3-5H2,1-2H3. The van der Waals surface area contributed by atoms with Crippen LogP contribution < -0.4 is 5.32 Å². The predicted octanol–water partition coefficient (Wildman–Crippen LogP) is 4.47. The minimum Gasteiger partial charge on any atom is -0.313 e. The number of fused-ring (bicyclic) bond motifs is 1. The molecule has 94 valence electrons. The van der Waals surface area contributed by atoms with Gasteiger partial charge in [-0.25, -0.2) is 4.39 Å². The van der Waals surface area contributed by atoms with Crippen LogP contribution in [0.1, 0.15) is 36.9 Å². The Morgan fingerprint density at radius 3 is 2.88 bits per heavy atom. The van der Waals surface area contributed by atoms with E-state index in [9.17, 15) is 4.39 Å². The highest BCUT2D eigenvalue weighted by Crippen LogP contribution is 2.40. The number of hydrogen-bond acceptors (Lipinski definition) is 1. The Kier molecular flexibility index (Phi) is 4.11. The first-order valence-electron chi connectivity index (χ1n) is 5.88. The van der Waals surface area contributed by atoms with Crippen LogP contribution in [-0.2, 0) is 6.42 Å². The first-order valence-corrected chi connectivity index (χ1v) is 7.05. The smallest absolute Gasteiger partial charge is 0.127 e. The highest BCUT2D eigenvalue weighted by molar-refractivity contribution is 9.10. The Morgan fingerprint density at radius 2 is 2.24 bits per heavy atom. The molecule has 0 bridgehead atoms. The Morgan fingerprint density at radius 1 is 1.53 bits per heavy atom. The van der Waals surface area contributed by atoms with Gasteiger partial charge in [-0.3, -0.25) is 0 Å². The van der Waals surface area contributed by atoms with Crippen LogP contribution in [0.2, 0.25) is 5.02 Å². The molecule has 0 aliphatic heterocycles. The molecule has 0 fully saturated rings. The number of nitrogens with one attached hydrogen (secondary N) is 1. The molecule has 4 heteroatoms. The van der Waals surface area contributed by atoms with Crippen LogP contribution in [-0.4, -0.2) is 7.05 Å². The van der Waals surface area contributed by atoms with Crippen LogP contribution in [0, 0.1) is 11.7 Å². The zero-order valence-electron chi connectivity index (χ0n) is 9.99. The number of benzene rings is 1. The molecule has 0 heterocycles. The van der Waals surface area contributed by atoms with Crippen molar-refractivity contribution in [3.8, 4) is 0 Å².